The Bertz CT molecular complexity index is 1170. The number of carbonyl (C=O) groups excluding carboxylic acids is 2. The number of nitrogens with one attached hydrogen (secondary N) is 3. The van der Waals surface area contributed by atoms with E-state index >= 15 is 4.39 Å². The molecule has 0 saturated carbocycles. The van der Waals surface area contributed by atoms with E-state index in [1.54, 1.807) is 25.7 Å². The number of primary amides is 1. The number of carbonyl (C=O) groups is 2. The predicted molar refractivity (Wildman–Crippen MR) is 144 cm³/mol. The van der Waals surface area contributed by atoms with E-state index < -0.39 is 35.3 Å². The maximum absolute atomic E-state index is 15.0. The van der Waals surface area contributed by atoms with Gasteiger partial charge in [-0.05, 0) is 39.2 Å². The van der Waals surface area contributed by atoms with E-state index in [0.717, 1.165) is 6.07 Å². The minimum Gasteiger partial charge on any atom is -0.444 e. The summed E-state index contributed by atoms with van der Waals surface area (Å²) in [5.41, 5.74) is 4.77. The molecule has 0 aliphatic carbocycles. The lowest BCUT2D eigenvalue weighted by Crippen LogP contribution is -2.40. The molecular formula is C26H37F2N7O4. The Balaban J connectivity index is 1.82. The van der Waals surface area contributed by atoms with Gasteiger partial charge in [-0.25, -0.2) is 23.5 Å². The molecule has 39 heavy (non-hydrogen) atoms. The highest BCUT2D eigenvalue weighted by Gasteiger charge is 2.22. The van der Waals surface area contributed by atoms with Gasteiger partial charge in [0.1, 0.15) is 11.4 Å². The summed E-state index contributed by atoms with van der Waals surface area (Å²) in [4.78, 5) is 34.4. The molecule has 1 aliphatic heterocycles. The normalized spacial score (nSPS) is 14.6. The first kappa shape index (κ1) is 29.8. The molecule has 2 aromatic rings. The van der Waals surface area contributed by atoms with Crippen molar-refractivity contribution in [3.05, 3.63) is 35.5 Å². The van der Waals surface area contributed by atoms with Gasteiger partial charge in [0, 0.05) is 31.7 Å². The lowest BCUT2D eigenvalue weighted by molar-refractivity contribution is 0.0524. The molecule has 1 fully saturated rings. The zero-order chi connectivity index (χ0) is 28.7. The Morgan fingerprint density at radius 2 is 1.85 bits per heavy atom. The molecule has 0 aromatic carbocycles. The number of aromatic nitrogens is 2. The number of amides is 2. The molecule has 0 unspecified atom stereocenters. The number of alkyl carbamates (subject to hydrolysis) is 1. The van der Waals surface area contributed by atoms with E-state index in [-0.39, 0.29) is 41.2 Å². The minimum absolute atomic E-state index is 0.0740. The van der Waals surface area contributed by atoms with Gasteiger partial charge in [0.15, 0.2) is 23.3 Å². The highest BCUT2D eigenvalue weighted by molar-refractivity contribution is 5.98. The van der Waals surface area contributed by atoms with Crippen molar-refractivity contribution in [2.75, 3.05) is 48.4 Å². The first-order valence-electron chi connectivity index (χ1n) is 12.8. The number of nitrogens with two attached hydrogens (primary N) is 1. The second kappa shape index (κ2) is 12.9. The summed E-state index contributed by atoms with van der Waals surface area (Å²) < 4.78 is 40.5. The number of rotatable bonds is 10. The fraction of sp³-hybridized carbons (Fsp3) is 0.538. The Labute approximate surface area is 226 Å². The van der Waals surface area contributed by atoms with E-state index in [1.165, 1.54) is 12.3 Å². The highest BCUT2D eigenvalue weighted by Crippen LogP contribution is 2.27. The summed E-state index contributed by atoms with van der Waals surface area (Å²) in [5.74, 6) is -2.16. The summed E-state index contributed by atoms with van der Waals surface area (Å²) in [6.45, 7) is 11.3. The Morgan fingerprint density at radius 1 is 1.15 bits per heavy atom. The minimum atomic E-state index is -0.917. The number of hydrogen-bond donors (Lipinski definition) is 4. The molecule has 13 heteroatoms. The number of anilines is 4. The quantitative estimate of drug-likeness (QED) is 0.348. The van der Waals surface area contributed by atoms with Gasteiger partial charge in [-0.3, -0.25) is 4.79 Å². The molecule has 1 saturated heterocycles. The summed E-state index contributed by atoms with van der Waals surface area (Å²) >= 11 is 0. The Morgan fingerprint density at radius 3 is 2.44 bits per heavy atom. The van der Waals surface area contributed by atoms with Crippen LogP contribution < -0.4 is 26.6 Å². The van der Waals surface area contributed by atoms with Gasteiger partial charge in [-0.1, -0.05) is 13.8 Å². The SMILES string of the molecule is CC(C)C[C@H](CNC(=O)OC(C)(C)C)Nc1nc(Nc2cnc(N3CCOCC3)c(F)c2)c(C(N)=O)cc1F. The number of morpholine rings is 1. The first-order chi connectivity index (χ1) is 18.3. The number of pyridine rings is 2. The predicted octanol–water partition coefficient (Wildman–Crippen LogP) is 3.79. The van der Waals surface area contributed by atoms with E-state index in [4.69, 9.17) is 15.2 Å². The number of halogens is 2. The van der Waals surface area contributed by atoms with Crippen LogP contribution in [0.15, 0.2) is 18.3 Å². The van der Waals surface area contributed by atoms with Crippen LogP contribution in [0.3, 0.4) is 0 Å². The second-order valence-corrected chi connectivity index (χ2v) is 10.7. The molecule has 2 aromatic heterocycles. The van der Waals surface area contributed by atoms with Gasteiger partial charge in [-0.15, -0.1) is 0 Å². The van der Waals surface area contributed by atoms with Crippen LogP contribution in [0.25, 0.3) is 0 Å². The Hall–Kier alpha value is -3.74. The van der Waals surface area contributed by atoms with Crippen molar-refractivity contribution < 1.29 is 27.8 Å². The van der Waals surface area contributed by atoms with Gasteiger partial charge >= 0.3 is 6.09 Å². The summed E-state index contributed by atoms with van der Waals surface area (Å²) in [5, 5.41) is 8.51. The molecule has 2 amide bonds. The van der Waals surface area contributed by atoms with Crippen LogP contribution >= 0.6 is 0 Å². The molecule has 0 radical (unpaired) electrons. The number of hydrogen-bond acceptors (Lipinski definition) is 9. The molecule has 5 N–H and O–H groups in total. The Kier molecular flexibility index (Phi) is 9.84. The zero-order valence-electron chi connectivity index (χ0n) is 22.9. The average molecular weight is 550 g/mol. The van der Waals surface area contributed by atoms with Crippen LogP contribution in [-0.4, -0.2) is 66.5 Å². The molecule has 3 heterocycles. The third-order valence-electron chi connectivity index (χ3n) is 5.63. The van der Waals surface area contributed by atoms with Gasteiger partial charge in [-0.2, -0.15) is 0 Å². The largest absolute Gasteiger partial charge is 0.444 e. The third kappa shape index (κ3) is 8.91. The average Bonchev–Trinajstić information content (AvgIpc) is 2.83. The zero-order valence-corrected chi connectivity index (χ0v) is 22.9. The molecule has 11 nitrogen and oxygen atoms in total. The third-order valence-corrected chi connectivity index (χ3v) is 5.63. The molecule has 1 atom stereocenters. The highest BCUT2D eigenvalue weighted by atomic mass is 19.1. The summed E-state index contributed by atoms with van der Waals surface area (Å²) in [6, 6.07) is 1.76. The summed E-state index contributed by atoms with van der Waals surface area (Å²) in [7, 11) is 0. The molecule has 214 valence electrons. The van der Waals surface area contributed by atoms with Crippen LogP contribution in [0.4, 0.5) is 36.7 Å². The molecular weight excluding hydrogens is 512 g/mol. The monoisotopic (exact) mass is 549 g/mol. The van der Waals surface area contributed by atoms with Crippen molar-refractivity contribution in [3.63, 3.8) is 0 Å². The number of ether oxygens (including phenoxy) is 2. The lowest BCUT2D eigenvalue weighted by Gasteiger charge is -2.28. The van der Waals surface area contributed by atoms with Gasteiger partial charge in [0.05, 0.1) is 30.7 Å². The van der Waals surface area contributed by atoms with Crippen molar-refractivity contribution in [1.82, 2.24) is 15.3 Å². The fourth-order valence-electron chi connectivity index (χ4n) is 3.99. The van der Waals surface area contributed by atoms with Crippen molar-refractivity contribution >= 4 is 35.1 Å². The molecule has 0 spiro atoms. The smallest absolute Gasteiger partial charge is 0.407 e. The van der Waals surface area contributed by atoms with Crippen LogP contribution in [0.2, 0.25) is 0 Å². The van der Waals surface area contributed by atoms with E-state index in [2.05, 4.69) is 25.9 Å². The number of nitrogens with zero attached hydrogens (tertiary/aromatic N) is 3. The maximum atomic E-state index is 15.0. The van der Waals surface area contributed by atoms with E-state index in [9.17, 15) is 14.0 Å². The molecule has 0 bridgehead atoms. The molecule has 1 aliphatic rings. The molecule has 3 rings (SSSR count). The van der Waals surface area contributed by atoms with Crippen LogP contribution in [-0.2, 0) is 9.47 Å². The van der Waals surface area contributed by atoms with Crippen molar-refractivity contribution in [1.29, 1.82) is 0 Å². The van der Waals surface area contributed by atoms with E-state index in [1.807, 2.05) is 13.8 Å². The van der Waals surface area contributed by atoms with Crippen molar-refractivity contribution in [2.24, 2.45) is 11.7 Å². The second-order valence-electron chi connectivity index (χ2n) is 10.7. The van der Waals surface area contributed by atoms with E-state index in [0.29, 0.717) is 32.7 Å². The van der Waals surface area contributed by atoms with Gasteiger partial charge in [0.2, 0.25) is 0 Å². The standard InChI is InChI=1S/C26H37F2N7O4/c1-15(2)10-16(14-31-25(37)39-26(3,4)5)33-23-19(27)12-18(21(29)36)22(34-23)32-17-11-20(28)24(30-13-17)35-6-8-38-9-7-35/h11-13,15-16H,6-10,14H2,1-5H3,(H2,29,36)(H,31,37)(H2,32,33,34)/t16-/m1/s1. The van der Waals surface area contributed by atoms with Crippen molar-refractivity contribution in [3.8, 4) is 0 Å². The van der Waals surface area contributed by atoms with Crippen LogP contribution in [0.1, 0.15) is 51.4 Å². The van der Waals surface area contributed by atoms with Crippen molar-refractivity contribution in [2.45, 2.75) is 52.7 Å². The van der Waals surface area contributed by atoms with Gasteiger partial charge < -0.3 is 36.1 Å². The first-order valence-corrected chi connectivity index (χ1v) is 12.8. The topological polar surface area (TPSA) is 144 Å². The summed E-state index contributed by atoms with van der Waals surface area (Å²) in [6.07, 6.45) is 1.35. The maximum Gasteiger partial charge on any atom is 0.407 e. The lowest BCUT2D eigenvalue weighted by atomic mass is 10.0. The van der Waals surface area contributed by atoms with Gasteiger partial charge in [0.25, 0.3) is 5.91 Å². The fourth-order valence-corrected chi connectivity index (χ4v) is 3.99. The van der Waals surface area contributed by atoms with Crippen LogP contribution in [0, 0.1) is 17.6 Å². The van der Waals surface area contributed by atoms with Crippen LogP contribution in [0.5, 0.6) is 0 Å².